The van der Waals surface area contributed by atoms with Gasteiger partial charge in [-0.3, -0.25) is 4.79 Å². The van der Waals surface area contributed by atoms with Gasteiger partial charge in [-0.1, -0.05) is 47.8 Å². The predicted octanol–water partition coefficient (Wildman–Crippen LogP) is 5.29. The minimum Gasteiger partial charge on any atom is -0.481 e. The smallest absolute Gasteiger partial charge is 0.408 e. The minimum absolute atomic E-state index is 0.147. The third-order valence-corrected chi connectivity index (χ3v) is 6.27. The van der Waals surface area contributed by atoms with Gasteiger partial charge in [-0.15, -0.1) is 0 Å². The van der Waals surface area contributed by atoms with E-state index in [-0.39, 0.29) is 6.54 Å². The molecule has 4 rings (SSSR count). The Bertz CT molecular complexity index is 1160. The van der Waals surface area contributed by atoms with Crippen molar-refractivity contribution in [2.75, 3.05) is 11.9 Å². The van der Waals surface area contributed by atoms with Crippen LogP contribution < -0.4 is 10.6 Å². The molecule has 1 aliphatic carbocycles. The third-order valence-electron chi connectivity index (χ3n) is 5.92. The van der Waals surface area contributed by atoms with Gasteiger partial charge in [-0.05, 0) is 37.5 Å². The number of anilines is 1. The molecule has 1 fully saturated rings. The molecule has 9 nitrogen and oxygen atoms in total. The number of pyridine rings is 1. The van der Waals surface area contributed by atoms with Crippen LogP contribution in [0.2, 0.25) is 5.02 Å². The summed E-state index contributed by atoms with van der Waals surface area (Å²) in [6, 6.07) is 10.8. The second-order valence-corrected chi connectivity index (χ2v) is 9.05. The lowest BCUT2D eigenvalue weighted by Crippen LogP contribution is -2.25. The van der Waals surface area contributed by atoms with E-state index >= 15 is 0 Å². The molecule has 1 aromatic carbocycles. The largest absolute Gasteiger partial charge is 0.481 e. The number of nitrogens with one attached hydrogen (secondary N) is 2. The summed E-state index contributed by atoms with van der Waals surface area (Å²) in [5.74, 6) is -0.113. The van der Waals surface area contributed by atoms with Gasteiger partial charge in [0.15, 0.2) is 0 Å². The number of carbonyl (C=O) groups excluding carboxylic acids is 1. The van der Waals surface area contributed by atoms with Crippen LogP contribution in [0.3, 0.4) is 0 Å². The number of amides is 1. The second kappa shape index (κ2) is 11.2. The Morgan fingerprint density at radius 2 is 2.06 bits per heavy atom. The van der Waals surface area contributed by atoms with Crippen molar-refractivity contribution in [3.63, 3.8) is 0 Å². The lowest BCUT2D eigenvalue weighted by Gasteiger charge is -2.15. The van der Waals surface area contributed by atoms with Crippen molar-refractivity contribution in [1.29, 1.82) is 0 Å². The first-order valence-electron chi connectivity index (χ1n) is 11.5. The summed E-state index contributed by atoms with van der Waals surface area (Å²) in [7, 11) is 0. The molecule has 1 aliphatic rings. The summed E-state index contributed by atoms with van der Waals surface area (Å²) in [4.78, 5) is 28.1. The van der Waals surface area contributed by atoms with E-state index in [1.165, 1.54) is 6.26 Å². The molecule has 0 aliphatic heterocycles. The molecule has 0 bridgehead atoms. The Hall–Kier alpha value is -3.59. The molecule has 2 heterocycles. The number of nitrogens with zero attached hydrogens (tertiary/aromatic N) is 2. The maximum absolute atomic E-state index is 12.3. The van der Waals surface area contributed by atoms with Crippen molar-refractivity contribution >= 4 is 29.5 Å². The molecular weight excluding hydrogens is 472 g/mol. The maximum atomic E-state index is 12.3. The minimum atomic E-state index is -0.791. The van der Waals surface area contributed by atoms with Crippen molar-refractivity contribution in [3.05, 3.63) is 65.0 Å². The van der Waals surface area contributed by atoms with E-state index in [1.807, 2.05) is 18.2 Å². The van der Waals surface area contributed by atoms with Gasteiger partial charge in [0, 0.05) is 34.5 Å². The normalized spacial score (nSPS) is 14.7. The fourth-order valence-corrected chi connectivity index (χ4v) is 4.04. The van der Waals surface area contributed by atoms with Gasteiger partial charge in [-0.25, -0.2) is 9.78 Å². The third kappa shape index (κ3) is 6.73. The van der Waals surface area contributed by atoms with Crippen LogP contribution in [-0.4, -0.2) is 33.9 Å². The van der Waals surface area contributed by atoms with Crippen molar-refractivity contribution in [2.45, 2.75) is 38.8 Å². The number of alkyl carbamates (subject to hydrolysis) is 1. The topological polar surface area (TPSA) is 127 Å². The Morgan fingerprint density at radius 3 is 2.74 bits per heavy atom. The molecule has 3 N–H and O–H groups in total. The first-order chi connectivity index (χ1) is 16.9. The van der Waals surface area contributed by atoms with E-state index in [2.05, 4.69) is 20.8 Å². The molecule has 0 radical (unpaired) electrons. The summed E-state index contributed by atoms with van der Waals surface area (Å²) in [6.45, 7) is 2.22. The quantitative estimate of drug-likeness (QED) is 0.325. The lowest BCUT2D eigenvalue weighted by atomic mass is 10.0. The summed E-state index contributed by atoms with van der Waals surface area (Å²) >= 11 is 6.16. The Labute approximate surface area is 207 Å². The average molecular weight is 499 g/mol. The molecule has 2 unspecified atom stereocenters. The highest BCUT2D eigenvalue weighted by atomic mass is 35.5. The van der Waals surface area contributed by atoms with Crippen molar-refractivity contribution in [2.24, 2.45) is 11.8 Å². The van der Waals surface area contributed by atoms with Crippen LogP contribution >= 0.6 is 11.6 Å². The van der Waals surface area contributed by atoms with E-state index in [9.17, 15) is 14.7 Å². The van der Waals surface area contributed by atoms with E-state index in [0.29, 0.717) is 46.5 Å². The first-order valence-corrected chi connectivity index (χ1v) is 11.8. The fourth-order valence-electron chi connectivity index (χ4n) is 3.75. The molecule has 2 aromatic heterocycles. The second-order valence-electron chi connectivity index (χ2n) is 8.64. The standard InChI is InChI=1S/C25H27ClN4O5/c1-15(20-4-2-3-5-21(20)26)35-25(33)29-13-19-14-34-30-23(19)17-8-9-22(27-11-17)28-12-18(24(31)32)10-16-6-7-16/h2-5,8-9,11,14-16,18H,6-7,10,12-13H2,1H3,(H,27,28)(H,29,33)(H,31,32). The Kier molecular flexibility index (Phi) is 7.87. The lowest BCUT2D eigenvalue weighted by molar-refractivity contribution is -0.141. The predicted molar refractivity (Wildman–Crippen MR) is 130 cm³/mol. The maximum Gasteiger partial charge on any atom is 0.408 e. The van der Waals surface area contributed by atoms with Gasteiger partial charge < -0.3 is 25.0 Å². The van der Waals surface area contributed by atoms with Crippen LogP contribution in [0.4, 0.5) is 10.6 Å². The van der Waals surface area contributed by atoms with Gasteiger partial charge in [0.2, 0.25) is 0 Å². The van der Waals surface area contributed by atoms with Gasteiger partial charge in [0.1, 0.15) is 23.9 Å². The number of benzene rings is 1. The highest BCUT2D eigenvalue weighted by Crippen LogP contribution is 2.35. The zero-order valence-electron chi connectivity index (χ0n) is 19.2. The van der Waals surface area contributed by atoms with Crippen molar-refractivity contribution < 1.29 is 24.0 Å². The molecule has 1 amide bonds. The van der Waals surface area contributed by atoms with Crippen LogP contribution in [0.1, 0.15) is 43.4 Å². The summed E-state index contributed by atoms with van der Waals surface area (Å²) < 4.78 is 10.5. The summed E-state index contributed by atoms with van der Waals surface area (Å²) in [5, 5.41) is 19.8. The van der Waals surface area contributed by atoms with Gasteiger partial charge in [0.05, 0.1) is 12.5 Å². The molecule has 0 spiro atoms. The number of carboxylic acids is 1. The van der Waals surface area contributed by atoms with Gasteiger partial charge in [-0.2, -0.15) is 0 Å². The number of hydrogen-bond donors (Lipinski definition) is 3. The zero-order chi connectivity index (χ0) is 24.8. The van der Waals surface area contributed by atoms with Crippen LogP contribution in [0, 0.1) is 11.8 Å². The van der Waals surface area contributed by atoms with E-state index in [4.69, 9.17) is 20.9 Å². The molecule has 3 aromatic rings. The van der Waals surface area contributed by atoms with Crippen LogP contribution in [-0.2, 0) is 16.1 Å². The SMILES string of the molecule is CC(OC(=O)NCc1conc1-c1ccc(NCC(CC2CC2)C(=O)O)nc1)c1ccccc1Cl. The van der Waals surface area contributed by atoms with Gasteiger partial charge >= 0.3 is 12.1 Å². The number of hydrogen-bond acceptors (Lipinski definition) is 7. The average Bonchev–Trinajstić information content (AvgIpc) is 3.54. The molecular formula is C25H27ClN4O5. The Balaban J connectivity index is 1.30. The number of rotatable bonds is 11. The van der Waals surface area contributed by atoms with E-state index < -0.39 is 24.1 Å². The van der Waals surface area contributed by atoms with E-state index in [1.54, 1.807) is 31.3 Å². The molecule has 35 heavy (non-hydrogen) atoms. The summed E-state index contributed by atoms with van der Waals surface area (Å²) in [6.07, 6.45) is 4.89. The fraction of sp³-hybridized carbons (Fsp3) is 0.360. The highest BCUT2D eigenvalue weighted by molar-refractivity contribution is 6.31. The molecule has 1 saturated carbocycles. The molecule has 0 saturated heterocycles. The highest BCUT2D eigenvalue weighted by Gasteiger charge is 2.29. The van der Waals surface area contributed by atoms with Crippen molar-refractivity contribution in [3.8, 4) is 11.3 Å². The van der Waals surface area contributed by atoms with Crippen LogP contribution in [0.5, 0.6) is 0 Å². The monoisotopic (exact) mass is 498 g/mol. The number of carbonyl (C=O) groups is 2. The van der Waals surface area contributed by atoms with Crippen LogP contribution in [0.15, 0.2) is 53.4 Å². The number of halogens is 1. The number of ether oxygens (including phenoxy) is 1. The van der Waals surface area contributed by atoms with Crippen molar-refractivity contribution in [1.82, 2.24) is 15.5 Å². The number of aromatic nitrogens is 2. The van der Waals surface area contributed by atoms with E-state index in [0.717, 1.165) is 18.4 Å². The first kappa shape index (κ1) is 24.5. The molecule has 2 atom stereocenters. The number of carboxylic acid groups (broad SMARTS) is 1. The number of aliphatic carboxylic acids is 1. The van der Waals surface area contributed by atoms with Crippen LogP contribution in [0.25, 0.3) is 11.3 Å². The molecule has 10 heteroatoms. The zero-order valence-corrected chi connectivity index (χ0v) is 20.0. The summed E-state index contributed by atoms with van der Waals surface area (Å²) in [5.41, 5.74) is 2.62. The molecule has 184 valence electrons. The Morgan fingerprint density at radius 1 is 1.26 bits per heavy atom. The van der Waals surface area contributed by atoms with Gasteiger partial charge in [0.25, 0.3) is 0 Å².